The number of carbonyl (C=O) groups excluding carboxylic acids is 3. The molecule has 3 amide bonds. The van der Waals surface area contributed by atoms with E-state index >= 15 is 4.39 Å². The highest BCUT2D eigenvalue weighted by atomic mass is 19.1. The van der Waals surface area contributed by atoms with Crippen LogP contribution < -0.4 is 10.2 Å². The maximum atomic E-state index is 15.1. The van der Waals surface area contributed by atoms with Crippen molar-refractivity contribution < 1.29 is 28.2 Å². The van der Waals surface area contributed by atoms with Crippen LogP contribution in [0.15, 0.2) is 54.7 Å². The molecule has 2 aromatic carbocycles. The second-order valence-electron chi connectivity index (χ2n) is 8.21. The Kier molecular flexibility index (Phi) is 7.10. The Hall–Kier alpha value is -3.88. The molecule has 0 aromatic heterocycles. The summed E-state index contributed by atoms with van der Waals surface area (Å²) in [5.74, 6) is -0.718. The highest BCUT2D eigenvalue weighted by Gasteiger charge is 2.33. The molecule has 0 spiro atoms. The van der Waals surface area contributed by atoms with E-state index in [1.54, 1.807) is 18.3 Å². The van der Waals surface area contributed by atoms with Crippen LogP contribution in [0, 0.1) is 5.82 Å². The van der Waals surface area contributed by atoms with Gasteiger partial charge in [-0.1, -0.05) is 30.3 Å². The van der Waals surface area contributed by atoms with E-state index in [0.717, 1.165) is 5.56 Å². The van der Waals surface area contributed by atoms with Gasteiger partial charge in [0, 0.05) is 25.2 Å². The molecule has 1 atom stereocenters. The molecule has 0 radical (unpaired) electrons. The average Bonchev–Trinajstić information content (AvgIpc) is 3.22. The lowest BCUT2D eigenvalue weighted by molar-refractivity contribution is -0.119. The Morgan fingerprint density at radius 2 is 2.00 bits per heavy atom. The number of hydrogen-bond acceptors (Lipinski definition) is 5. The summed E-state index contributed by atoms with van der Waals surface area (Å²) in [6.07, 6.45) is 1.34. The number of rotatable bonds is 6. The summed E-state index contributed by atoms with van der Waals surface area (Å²) in [6, 6.07) is 13.9. The van der Waals surface area contributed by atoms with Crippen LogP contribution in [0.1, 0.15) is 30.9 Å². The molecular weight excluding hydrogens is 441 g/mol. The van der Waals surface area contributed by atoms with Crippen molar-refractivity contribution >= 4 is 29.4 Å². The van der Waals surface area contributed by atoms with Gasteiger partial charge in [-0.15, -0.1) is 0 Å². The molecule has 1 saturated heterocycles. The fourth-order valence-corrected chi connectivity index (χ4v) is 3.94. The van der Waals surface area contributed by atoms with Gasteiger partial charge in [-0.25, -0.2) is 14.0 Å². The van der Waals surface area contributed by atoms with Crippen molar-refractivity contribution in [3.63, 3.8) is 0 Å². The number of hydrogen-bond donors (Lipinski definition) is 1. The minimum absolute atomic E-state index is 0.164. The number of nitrogens with zero attached hydrogens (tertiary/aromatic N) is 2. The minimum Gasteiger partial charge on any atom is -0.444 e. The fraction of sp³-hybridized carbons (Fsp3) is 0.320. The van der Waals surface area contributed by atoms with Crippen molar-refractivity contribution in [1.29, 1.82) is 0 Å². The van der Waals surface area contributed by atoms with E-state index in [9.17, 15) is 14.4 Å². The number of halogens is 1. The molecule has 34 heavy (non-hydrogen) atoms. The van der Waals surface area contributed by atoms with Gasteiger partial charge in [0.05, 0.1) is 18.8 Å². The Labute approximate surface area is 196 Å². The SMILES string of the molecule is CC(=O)NCC1CN(c2ccc(C3=CN(C(=O)OCc4ccccc4)CCC3)c(F)c2)C(=O)O1. The van der Waals surface area contributed by atoms with Gasteiger partial charge in [0.1, 0.15) is 18.5 Å². The number of anilines is 1. The fourth-order valence-electron chi connectivity index (χ4n) is 3.94. The number of nitrogens with one attached hydrogen (secondary N) is 1. The van der Waals surface area contributed by atoms with Crippen molar-refractivity contribution in [3.05, 3.63) is 71.7 Å². The summed E-state index contributed by atoms with van der Waals surface area (Å²) in [5, 5.41) is 2.61. The number of cyclic esters (lactones) is 1. The lowest BCUT2D eigenvalue weighted by atomic mass is 9.98. The van der Waals surface area contributed by atoms with Crippen LogP contribution in [0.4, 0.5) is 19.7 Å². The van der Waals surface area contributed by atoms with Gasteiger partial charge >= 0.3 is 12.2 Å². The first-order chi connectivity index (χ1) is 16.4. The van der Waals surface area contributed by atoms with E-state index < -0.39 is 24.1 Å². The highest BCUT2D eigenvalue weighted by molar-refractivity contribution is 5.90. The lowest BCUT2D eigenvalue weighted by Crippen LogP contribution is -2.33. The van der Waals surface area contributed by atoms with Crippen LogP contribution in [-0.2, 0) is 20.9 Å². The van der Waals surface area contributed by atoms with Gasteiger partial charge in [0.15, 0.2) is 0 Å². The third-order valence-electron chi connectivity index (χ3n) is 5.66. The Morgan fingerprint density at radius 1 is 1.21 bits per heavy atom. The Bertz CT molecular complexity index is 1100. The maximum Gasteiger partial charge on any atom is 0.414 e. The van der Waals surface area contributed by atoms with E-state index in [0.29, 0.717) is 36.2 Å². The second-order valence-corrected chi connectivity index (χ2v) is 8.21. The van der Waals surface area contributed by atoms with Crippen molar-refractivity contribution in [1.82, 2.24) is 10.2 Å². The molecule has 2 aromatic rings. The van der Waals surface area contributed by atoms with Gasteiger partial charge in [-0.2, -0.15) is 0 Å². The summed E-state index contributed by atoms with van der Waals surface area (Å²) in [4.78, 5) is 38.6. The summed E-state index contributed by atoms with van der Waals surface area (Å²) >= 11 is 0. The second kappa shape index (κ2) is 10.4. The highest BCUT2D eigenvalue weighted by Crippen LogP contribution is 2.31. The molecule has 1 N–H and O–H groups in total. The molecule has 2 aliphatic heterocycles. The van der Waals surface area contributed by atoms with Crippen molar-refractivity contribution in [2.45, 2.75) is 32.5 Å². The molecule has 2 aliphatic rings. The summed E-state index contributed by atoms with van der Waals surface area (Å²) in [7, 11) is 0. The van der Waals surface area contributed by atoms with Gasteiger partial charge in [-0.05, 0) is 42.2 Å². The van der Waals surface area contributed by atoms with Crippen LogP contribution in [0.2, 0.25) is 0 Å². The lowest BCUT2D eigenvalue weighted by Gasteiger charge is -2.25. The zero-order valence-corrected chi connectivity index (χ0v) is 18.8. The quantitative estimate of drug-likeness (QED) is 0.692. The first-order valence-electron chi connectivity index (χ1n) is 11.1. The van der Waals surface area contributed by atoms with E-state index in [1.165, 1.54) is 22.8 Å². The molecule has 0 aliphatic carbocycles. The smallest absolute Gasteiger partial charge is 0.414 e. The number of ether oxygens (including phenoxy) is 2. The van der Waals surface area contributed by atoms with Crippen LogP contribution in [-0.4, -0.2) is 48.7 Å². The van der Waals surface area contributed by atoms with E-state index in [2.05, 4.69) is 5.32 Å². The summed E-state index contributed by atoms with van der Waals surface area (Å²) in [6.45, 7) is 2.44. The molecule has 0 saturated carbocycles. The largest absolute Gasteiger partial charge is 0.444 e. The van der Waals surface area contributed by atoms with Crippen LogP contribution >= 0.6 is 0 Å². The standard InChI is InChI=1S/C25H26FN3O5/c1-17(30)27-13-21-15-29(25(32)34-21)20-9-10-22(23(26)12-20)19-8-5-11-28(14-19)24(31)33-16-18-6-3-2-4-7-18/h2-4,6-7,9-10,12,14,21H,5,8,11,13,15-16H2,1H3,(H,27,30). The van der Waals surface area contributed by atoms with E-state index in [4.69, 9.17) is 9.47 Å². The third kappa shape index (κ3) is 5.54. The maximum absolute atomic E-state index is 15.1. The van der Waals surface area contributed by atoms with Gasteiger partial charge in [-0.3, -0.25) is 14.6 Å². The topological polar surface area (TPSA) is 88.2 Å². The molecule has 4 rings (SSSR count). The monoisotopic (exact) mass is 467 g/mol. The first kappa shape index (κ1) is 23.3. The number of carbonyl (C=O) groups is 3. The van der Waals surface area contributed by atoms with Crippen molar-refractivity contribution in [2.24, 2.45) is 0 Å². The third-order valence-corrected chi connectivity index (χ3v) is 5.66. The average molecular weight is 467 g/mol. The van der Waals surface area contributed by atoms with Crippen molar-refractivity contribution in [3.8, 4) is 0 Å². The predicted molar refractivity (Wildman–Crippen MR) is 123 cm³/mol. The van der Waals surface area contributed by atoms with Crippen molar-refractivity contribution in [2.75, 3.05) is 24.5 Å². The molecule has 8 nitrogen and oxygen atoms in total. The minimum atomic E-state index is -0.591. The molecule has 2 heterocycles. The Morgan fingerprint density at radius 3 is 2.74 bits per heavy atom. The van der Waals surface area contributed by atoms with Crippen LogP contribution in [0.3, 0.4) is 0 Å². The van der Waals surface area contributed by atoms with Crippen LogP contribution in [0.5, 0.6) is 0 Å². The van der Waals surface area contributed by atoms with E-state index in [1.807, 2.05) is 30.3 Å². The van der Waals surface area contributed by atoms with Gasteiger partial charge in [0.25, 0.3) is 0 Å². The molecule has 178 valence electrons. The molecule has 9 heteroatoms. The molecule has 1 fully saturated rings. The molecule has 0 bridgehead atoms. The Balaban J connectivity index is 1.42. The zero-order chi connectivity index (χ0) is 24.1. The van der Waals surface area contributed by atoms with Crippen LogP contribution in [0.25, 0.3) is 5.57 Å². The first-order valence-corrected chi connectivity index (χ1v) is 11.1. The number of amides is 3. The normalized spacial score (nSPS) is 17.8. The van der Waals surface area contributed by atoms with E-state index in [-0.39, 0.29) is 25.6 Å². The summed E-state index contributed by atoms with van der Waals surface area (Å²) < 4.78 is 25.7. The number of allylic oxidation sites excluding steroid dienone is 1. The zero-order valence-electron chi connectivity index (χ0n) is 18.8. The summed E-state index contributed by atoms with van der Waals surface area (Å²) in [5.41, 5.74) is 2.30. The van der Waals surface area contributed by atoms with Gasteiger partial charge < -0.3 is 14.8 Å². The molecular formula is C25H26FN3O5. The number of benzene rings is 2. The predicted octanol–water partition coefficient (Wildman–Crippen LogP) is 4.06. The van der Waals surface area contributed by atoms with Gasteiger partial charge in [0.2, 0.25) is 5.91 Å². The molecule has 1 unspecified atom stereocenters.